The standard InChI is InChI=1S/C29H35N7O4/c1-3-6-19-15-18(2)32-27(37)22(19)17-31-28(38)25-21-7-4-5-8-23(21)33-26(34-25)20-9-10-24(30-16-20)35-11-13-36(14-12-35)29(39)40/h9-10,15-16H,3-8,11-14,17H2,1-2H3,(H,31,38)(H,32,37)(H,39,40). The molecule has 1 aliphatic heterocycles. The Morgan fingerprint density at radius 1 is 1.10 bits per heavy atom. The van der Waals surface area contributed by atoms with E-state index < -0.39 is 6.09 Å². The molecule has 3 aromatic heterocycles. The van der Waals surface area contributed by atoms with Crippen LogP contribution in [-0.4, -0.2) is 68.1 Å². The van der Waals surface area contributed by atoms with E-state index in [2.05, 4.69) is 27.1 Å². The highest BCUT2D eigenvalue weighted by molar-refractivity contribution is 5.94. The number of piperazine rings is 1. The van der Waals surface area contributed by atoms with Crippen LogP contribution in [0.3, 0.4) is 0 Å². The molecule has 0 unspecified atom stereocenters. The molecule has 0 saturated carbocycles. The summed E-state index contributed by atoms with van der Waals surface area (Å²) in [5.74, 6) is 0.890. The zero-order valence-corrected chi connectivity index (χ0v) is 23.0. The van der Waals surface area contributed by atoms with Crippen molar-refractivity contribution in [3.05, 3.63) is 68.5 Å². The van der Waals surface area contributed by atoms with E-state index in [0.29, 0.717) is 48.8 Å². The lowest BCUT2D eigenvalue weighted by atomic mass is 9.94. The first-order valence-corrected chi connectivity index (χ1v) is 13.9. The van der Waals surface area contributed by atoms with E-state index in [0.717, 1.165) is 66.9 Å². The first-order valence-electron chi connectivity index (χ1n) is 13.9. The summed E-state index contributed by atoms with van der Waals surface area (Å²) in [6.07, 6.45) is 5.96. The number of H-pyrrole nitrogens is 1. The maximum Gasteiger partial charge on any atom is 0.407 e. The number of carbonyl (C=O) groups is 2. The predicted molar refractivity (Wildman–Crippen MR) is 151 cm³/mol. The molecule has 0 bridgehead atoms. The summed E-state index contributed by atoms with van der Waals surface area (Å²) in [6.45, 7) is 6.05. The number of hydrogen-bond donors (Lipinski definition) is 3. The lowest BCUT2D eigenvalue weighted by Gasteiger charge is -2.33. The molecule has 3 N–H and O–H groups in total. The van der Waals surface area contributed by atoms with Crippen LogP contribution in [0.25, 0.3) is 11.4 Å². The summed E-state index contributed by atoms with van der Waals surface area (Å²) >= 11 is 0. The summed E-state index contributed by atoms with van der Waals surface area (Å²) in [5.41, 5.74) is 4.97. The first kappa shape index (κ1) is 27.3. The zero-order chi connectivity index (χ0) is 28.2. The van der Waals surface area contributed by atoms with Gasteiger partial charge in [-0.15, -0.1) is 0 Å². The van der Waals surface area contributed by atoms with Gasteiger partial charge < -0.3 is 25.2 Å². The minimum absolute atomic E-state index is 0.128. The second-order valence-corrected chi connectivity index (χ2v) is 10.4. The van der Waals surface area contributed by atoms with Gasteiger partial charge in [0.25, 0.3) is 11.5 Å². The van der Waals surface area contributed by atoms with Crippen molar-refractivity contribution in [3.8, 4) is 11.4 Å². The molecule has 0 radical (unpaired) electrons. The fourth-order valence-corrected chi connectivity index (χ4v) is 5.47. The number of anilines is 1. The van der Waals surface area contributed by atoms with Crippen LogP contribution in [0.4, 0.5) is 10.6 Å². The van der Waals surface area contributed by atoms with Crippen LogP contribution in [0.5, 0.6) is 0 Å². The van der Waals surface area contributed by atoms with Gasteiger partial charge in [-0.25, -0.2) is 19.7 Å². The third kappa shape index (κ3) is 5.83. The summed E-state index contributed by atoms with van der Waals surface area (Å²) in [7, 11) is 0. The van der Waals surface area contributed by atoms with Crippen LogP contribution in [0.1, 0.15) is 64.8 Å². The molecular formula is C29H35N7O4. The molecule has 5 rings (SSSR count). The van der Waals surface area contributed by atoms with Gasteiger partial charge in [-0.3, -0.25) is 9.59 Å². The number of carboxylic acid groups (broad SMARTS) is 1. The zero-order valence-electron chi connectivity index (χ0n) is 23.0. The summed E-state index contributed by atoms with van der Waals surface area (Å²) in [4.78, 5) is 57.7. The molecule has 1 aliphatic carbocycles. The number of pyridine rings is 2. The van der Waals surface area contributed by atoms with Crippen molar-refractivity contribution in [2.75, 3.05) is 31.1 Å². The summed E-state index contributed by atoms with van der Waals surface area (Å²) in [5, 5.41) is 12.1. The topological polar surface area (TPSA) is 144 Å². The molecule has 3 aromatic rings. The monoisotopic (exact) mass is 545 g/mol. The van der Waals surface area contributed by atoms with Crippen molar-refractivity contribution >= 4 is 17.8 Å². The Bertz CT molecular complexity index is 1460. The summed E-state index contributed by atoms with van der Waals surface area (Å²) < 4.78 is 0. The molecule has 2 aliphatic rings. The van der Waals surface area contributed by atoms with Crippen molar-refractivity contribution in [1.29, 1.82) is 0 Å². The molecule has 0 atom stereocenters. The number of hydrogen-bond acceptors (Lipinski definition) is 7. The number of aryl methyl sites for hydroxylation is 3. The van der Waals surface area contributed by atoms with Gasteiger partial charge in [-0.1, -0.05) is 13.3 Å². The normalized spacial score (nSPS) is 15.1. The van der Waals surface area contributed by atoms with Gasteiger partial charge in [0.15, 0.2) is 5.82 Å². The van der Waals surface area contributed by atoms with E-state index in [1.807, 2.05) is 25.1 Å². The molecule has 1 fully saturated rings. The van der Waals surface area contributed by atoms with Crippen molar-refractivity contribution < 1.29 is 14.7 Å². The van der Waals surface area contributed by atoms with E-state index in [4.69, 9.17) is 9.97 Å². The number of fused-ring (bicyclic) bond motifs is 1. The Morgan fingerprint density at radius 2 is 1.88 bits per heavy atom. The molecule has 11 nitrogen and oxygen atoms in total. The Hall–Kier alpha value is -4.28. The second-order valence-electron chi connectivity index (χ2n) is 10.4. The van der Waals surface area contributed by atoms with Gasteiger partial charge in [-0.2, -0.15) is 0 Å². The van der Waals surface area contributed by atoms with Crippen molar-refractivity contribution in [2.24, 2.45) is 0 Å². The second kappa shape index (κ2) is 11.8. The Kier molecular flexibility index (Phi) is 8.09. The molecule has 4 heterocycles. The quantitative estimate of drug-likeness (QED) is 0.411. The van der Waals surface area contributed by atoms with E-state index in [9.17, 15) is 19.5 Å². The highest BCUT2D eigenvalue weighted by atomic mass is 16.4. The first-order chi connectivity index (χ1) is 19.3. The van der Waals surface area contributed by atoms with Gasteiger partial charge in [-0.05, 0) is 62.8 Å². The summed E-state index contributed by atoms with van der Waals surface area (Å²) in [6, 6.07) is 5.74. The molecule has 210 valence electrons. The van der Waals surface area contributed by atoms with Crippen LogP contribution in [0.2, 0.25) is 0 Å². The highest BCUT2D eigenvalue weighted by Gasteiger charge is 2.24. The third-order valence-electron chi connectivity index (χ3n) is 7.59. The lowest BCUT2D eigenvalue weighted by molar-refractivity contribution is 0.0944. The third-order valence-corrected chi connectivity index (χ3v) is 7.59. The van der Waals surface area contributed by atoms with Crippen molar-refractivity contribution in [2.45, 2.75) is 58.9 Å². The highest BCUT2D eigenvalue weighted by Crippen LogP contribution is 2.26. The molecule has 0 spiro atoms. The van der Waals surface area contributed by atoms with Crippen molar-refractivity contribution in [3.63, 3.8) is 0 Å². The SMILES string of the molecule is CCCc1cc(C)[nH]c(=O)c1CNC(=O)c1nc(-c2ccc(N3CCN(C(=O)O)CC3)nc2)nc2c1CCCC2. The molecular weight excluding hydrogens is 510 g/mol. The number of nitrogens with zero attached hydrogens (tertiary/aromatic N) is 5. The lowest BCUT2D eigenvalue weighted by Crippen LogP contribution is -2.48. The predicted octanol–water partition coefficient (Wildman–Crippen LogP) is 3.10. The molecule has 40 heavy (non-hydrogen) atoms. The fourth-order valence-electron chi connectivity index (χ4n) is 5.47. The van der Waals surface area contributed by atoms with E-state index in [1.54, 1.807) is 6.20 Å². The number of nitrogens with one attached hydrogen (secondary N) is 2. The van der Waals surface area contributed by atoms with E-state index >= 15 is 0 Å². The fraction of sp³-hybridized carbons (Fsp3) is 0.448. The van der Waals surface area contributed by atoms with E-state index in [-0.39, 0.29) is 18.0 Å². The molecule has 2 amide bonds. The minimum Gasteiger partial charge on any atom is -0.465 e. The smallest absolute Gasteiger partial charge is 0.407 e. The number of aromatic nitrogens is 4. The molecule has 0 aromatic carbocycles. The minimum atomic E-state index is -0.903. The maximum absolute atomic E-state index is 13.5. The number of rotatable bonds is 7. The van der Waals surface area contributed by atoms with Crippen LogP contribution in [0, 0.1) is 6.92 Å². The molecule has 1 saturated heterocycles. The van der Waals surface area contributed by atoms with Crippen LogP contribution in [-0.2, 0) is 25.8 Å². The molecule has 11 heteroatoms. The number of aromatic amines is 1. The van der Waals surface area contributed by atoms with Crippen molar-refractivity contribution in [1.82, 2.24) is 30.2 Å². The van der Waals surface area contributed by atoms with Crippen LogP contribution < -0.4 is 15.8 Å². The van der Waals surface area contributed by atoms with Gasteiger partial charge in [0.1, 0.15) is 11.5 Å². The van der Waals surface area contributed by atoms with Crippen LogP contribution in [0.15, 0.2) is 29.2 Å². The Balaban J connectivity index is 1.37. The van der Waals surface area contributed by atoms with Gasteiger partial charge >= 0.3 is 6.09 Å². The largest absolute Gasteiger partial charge is 0.465 e. The van der Waals surface area contributed by atoms with E-state index in [1.165, 1.54) is 4.90 Å². The number of amides is 2. The Morgan fingerprint density at radius 3 is 2.58 bits per heavy atom. The average Bonchev–Trinajstić information content (AvgIpc) is 2.96. The average molecular weight is 546 g/mol. The maximum atomic E-state index is 13.5. The van der Waals surface area contributed by atoms with Crippen LogP contribution >= 0.6 is 0 Å². The Labute approximate surface area is 232 Å². The van der Waals surface area contributed by atoms with Gasteiger partial charge in [0.05, 0.1) is 0 Å². The van der Waals surface area contributed by atoms with Gasteiger partial charge in [0, 0.05) is 67.0 Å². The number of carbonyl (C=O) groups excluding carboxylic acids is 1. The van der Waals surface area contributed by atoms with Gasteiger partial charge in [0.2, 0.25) is 0 Å².